The van der Waals surface area contributed by atoms with Crippen molar-refractivity contribution in [1.29, 1.82) is 0 Å². The molecular weight excluding hydrogens is 346 g/mol. The lowest BCUT2D eigenvalue weighted by molar-refractivity contribution is -0.129. The number of carbonyl (C=O) groups is 3. The van der Waals surface area contributed by atoms with Gasteiger partial charge in [0.15, 0.2) is 0 Å². The maximum Gasteiger partial charge on any atom is 0.408 e. The second-order valence-electron chi connectivity index (χ2n) is 7.78. The second kappa shape index (κ2) is 8.88. The molecule has 0 bridgehead atoms. The predicted octanol–water partition coefficient (Wildman–Crippen LogP) is 2.38. The van der Waals surface area contributed by atoms with Crippen molar-refractivity contribution >= 4 is 17.9 Å². The third kappa shape index (κ3) is 6.58. The van der Waals surface area contributed by atoms with Crippen LogP contribution in [-0.2, 0) is 14.3 Å². The number of hydrogen-bond donors (Lipinski definition) is 2. The van der Waals surface area contributed by atoms with Crippen LogP contribution in [0.1, 0.15) is 52.1 Å². The zero-order chi connectivity index (χ0) is 20.0. The molecule has 2 N–H and O–H groups in total. The fourth-order valence-corrected chi connectivity index (χ4v) is 2.88. The van der Waals surface area contributed by atoms with Gasteiger partial charge in [0.25, 0.3) is 0 Å². The average Bonchev–Trinajstić information content (AvgIpc) is 2.98. The summed E-state index contributed by atoms with van der Waals surface area (Å²) in [6.07, 6.45) is 0.743. The lowest BCUT2D eigenvalue weighted by atomic mass is 10.1. The van der Waals surface area contributed by atoms with Gasteiger partial charge in [-0.2, -0.15) is 0 Å². The highest BCUT2D eigenvalue weighted by atomic mass is 16.6. The molecule has 0 spiro atoms. The molecule has 1 fully saturated rings. The molecule has 1 aromatic carbocycles. The van der Waals surface area contributed by atoms with Crippen LogP contribution in [0.2, 0.25) is 0 Å². The molecule has 27 heavy (non-hydrogen) atoms. The van der Waals surface area contributed by atoms with E-state index >= 15 is 0 Å². The van der Waals surface area contributed by atoms with Crippen molar-refractivity contribution in [3.05, 3.63) is 35.9 Å². The fraction of sp³-hybridized carbons (Fsp3) is 0.550. The smallest absolute Gasteiger partial charge is 0.408 e. The molecule has 1 heterocycles. The van der Waals surface area contributed by atoms with E-state index in [0.717, 1.165) is 12.0 Å². The van der Waals surface area contributed by atoms with Gasteiger partial charge in [-0.25, -0.2) is 4.79 Å². The van der Waals surface area contributed by atoms with E-state index in [9.17, 15) is 14.4 Å². The standard InChI is InChI=1S/C20H29N3O4/c1-14(21-19(26)27-20(2,3)4)18(25)22-16(15-9-6-5-7-10-15)13-23-12-8-11-17(23)24/h5-7,9-10,14,16H,8,11-13H2,1-4H3,(H,21,26)(H,22,25)/t14-,16?/m1/s1. The van der Waals surface area contributed by atoms with Gasteiger partial charge in [0.05, 0.1) is 6.04 Å². The van der Waals surface area contributed by atoms with Crippen LogP contribution in [0, 0.1) is 0 Å². The van der Waals surface area contributed by atoms with Crippen LogP contribution in [0.3, 0.4) is 0 Å². The molecule has 7 heteroatoms. The Morgan fingerprint density at radius 3 is 2.41 bits per heavy atom. The Bertz CT molecular complexity index is 670. The number of alkyl carbamates (subject to hydrolysis) is 1. The van der Waals surface area contributed by atoms with Crippen molar-refractivity contribution in [3.63, 3.8) is 0 Å². The number of nitrogens with one attached hydrogen (secondary N) is 2. The Balaban J connectivity index is 2.02. The van der Waals surface area contributed by atoms with Gasteiger partial charge in [-0.1, -0.05) is 30.3 Å². The molecule has 0 aromatic heterocycles. The first-order chi connectivity index (χ1) is 12.7. The third-order valence-electron chi connectivity index (χ3n) is 4.22. The summed E-state index contributed by atoms with van der Waals surface area (Å²) >= 11 is 0. The highest BCUT2D eigenvalue weighted by molar-refractivity contribution is 5.85. The highest BCUT2D eigenvalue weighted by Crippen LogP contribution is 2.18. The minimum atomic E-state index is -0.764. The summed E-state index contributed by atoms with van der Waals surface area (Å²) < 4.78 is 5.19. The van der Waals surface area contributed by atoms with E-state index in [-0.39, 0.29) is 17.9 Å². The van der Waals surface area contributed by atoms with Crippen molar-refractivity contribution in [2.45, 2.75) is 58.2 Å². The second-order valence-corrected chi connectivity index (χ2v) is 7.78. The molecule has 1 aliphatic rings. The Kier molecular flexibility index (Phi) is 6.82. The number of carbonyl (C=O) groups excluding carboxylic acids is 3. The van der Waals surface area contributed by atoms with Crippen LogP contribution in [0.5, 0.6) is 0 Å². The summed E-state index contributed by atoms with van der Waals surface area (Å²) in [5.74, 6) is -0.230. The normalized spacial score (nSPS) is 16.6. The van der Waals surface area contributed by atoms with E-state index in [4.69, 9.17) is 4.74 Å². The van der Waals surface area contributed by atoms with Crippen LogP contribution < -0.4 is 10.6 Å². The number of amides is 3. The number of benzene rings is 1. The van der Waals surface area contributed by atoms with E-state index in [0.29, 0.717) is 19.5 Å². The topological polar surface area (TPSA) is 87.7 Å². The summed E-state index contributed by atoms with van der Waals surface area (Å²) in [4.78, 5) is 38.2. The van der Waals surface area contributed by atoms with Crippen molar-refractivity contribution < 1.29 is 19.1 Å². The molecule has 2 atom stereocenters. The molecule has 1 aliphatic heterocycles. The average molecular weight is 375 g/mol. The first-order valence-corrected chi connectivity index (χ1v) is 9.28. The first kappa shape index (κ1) is 20.7. The van der Waals surface area contributed by atoms with Crippen LogP contribution in [0.15, 0.2) is 30.3 Å². The number of hydrogen-bond acceptors (Lipinski definition) is 4. The quantitative estimate of drug-likeness (QED) is 0.799. The van der Waals surface area contributed by atoms with Crippen LogP contribution in [0.25, 0.3) is 0 Å². The molecule has 148 valence electrons. The largest absolute Gasteiger partial charge is 0.444 e. The highest BCUT2D eigenvalue weighted by Gasteiger charge is 2.27. The van der Waals surface area contributed by atoms with Gasteiger partial charge in [0.1, 0.15) is 11.6 Å². The van der Waals surface area contributed by atoms with Crippen molar-refractivity contribution in [2.24, 2.45) is 0 Å². The van der Waals surface area contributed by atoms with Crippen molar-refractivity contribution in [2.75, 3.05) is 13.1 Å². The predicted molar refractivity (Wildman–Crippen MR) is 102 cm³/mol. The maximum atomic E-state index is 12.6. The van der Waals surface area contributed by atoms with Crippen LogP contribution in [0.4, 0.5) is 4.79 Å². The summed E-state index contributed by atoms with van der Waals surface area (Å²) in [6, 6.07) is 8.40. The summed E-state index contributed by atoms with van der Waals surface area (Å²) in [6.45, 7) is 7.99. The van der Waals surface area contributed by atoms with Crippen molar-refractivity contribution in [1.82, 2.24) is 15.5 Å². The molecule has 0 aliphatic carbocycles. The lowest BCUT2D eigenvalue weighted by Gasteiger charge is -2.27. The fourth-order valence-electron chi connectivity index (χ4n) is 2.88. The number of ether oxygens (including phenoxy) is 1. The van der Waals surface area contributed by atoms with Gasteiger partial charge in [-0.05, 0) is 39.7 Å². The molecule has 3 amide bonds. The Hall–Kier alpha value is -2.57. The summed E-state index contributed by atoms with van der Waals surface area (Å²) in [5, 5.41) is 5.49. The lowest BCUT2D eigenvalue weighted by Crippen LogP contribution is -2.49. The SMILES string of the molecule is C[C@@H](NC(=O)OC(C)(C)C)C(=O)NC(CN1CCCC1=O)c1ccccc1. The Morgan fingerprint density at radius 2 is 1.85 bits per heavy atom. The van der Waals surface area contributed by atoms with E-state index in [1.807, 2.05) is 30.3 Å². The number of likely N-dealkylation sites (tertiary alicyclic amines) is 1. The molecular formula is C20H29N3O4. The molecule has 1 aromatic rings. The maximum absolute atomic E-state index is 12.6. The molecule has 0 saturated carbocycles. The molecule has 0 radical (unpaired) electrons. The summed E-state index contributed by atoms with van der Waals surface area (Å²) in [5.41, 5.74) is 0.276. The van der Waals surface area contributed by atoms with Crippen molar-refractivity contribution in [3.8, 4) is 0 Å². The number of nitrogens with zero attached hydrogens (tertiary/aromatic N) is 1. The van der Waals surface area contributed by atoms with Gasteiger partial charge in [-0.15, -0.1) is 0 Å². The monoisotopic (exact) mass is 375 g/mol. The zero-order valence-electron chi connectivity index (χ0n) is 16.5. The van der Waals surface area contributed by atoms with Gasteiger partial charge in [0.2, 0.25) is 11.8 Å². The molecule has 7 nitrogen and oxygen atoms in total. The van der Waals surface area contributed by atoms with Gasteiger partial charge in [0, 0.05) is 19.5 Å². The zero-order valence-corrected chi connectivity index (χ0v) is 16.5. The molecule has 1 unspecified atom stereocenters. The molecule has 2 rings (SSSR count). The minimum Gasteiger partial charge on any atom is -0.444 e. The first-order valence-electron chi connectivity index (χ1n) is 9.28. The van der Waals surface area contributed by atoms with E-state index < -0.39 is 17.7 Å². The third-order valence-corrected chi connectivity index (χ3v) is 4.22. The van der Waals surface area contributed by atoms with E-state index in [2.05, 4.69) is 10.6 Å². The van der Waals surface area contributed by atoms with E-state index in [1.54, 1.807) is 32.6 Å². The van der Waals surface area contributed by atoms with Gasteiger partial charge in [-0.3, -0.25) is 9.59 Å². The van der Waals surface area contributed by atoms with Crippen LogP contribution >= 0.6 is 0 Å². The van der Waals surface area contributed by atoms with E-state index in [1.165, 1.54) is 0 Å². The molecule has 1 saturated heterocycles. The summed E-state index contributed by atoms with van der Waals surface area (Å²) in [7, 11) is 0. The van der Waals surface area contributed by atoms with Crippen LogP contribution in [-0.4, -0.2) is 47.5 Å². The minimum absolute atomic E-state index is 0.102. The number of rotatable bonds is 6. The Labute approximate surface area is 160 Å². The Morgan fingerprint density at radius 1 is 1.19 bits per heavy atom. The van der Waals surface area contributed by atoms with Gasteiger partial charge >= 0.3 is 6.09 Å². The van der Waals surface area contributed by atoms with Gasteiger partial charge < -0.3 is 20.3 Å².